The van der Waals surface area contributed by atoms with Gasteiger partial charge in [0.25, 0.3) is 0 Å². The zero-order valence-corrected chi connectivity index (χ0v) is 18.2. The van der Waals surface area contributed by atoms with E-state index < -0.39 is 41.1 Å². The van der Waals surface area contributed by atoms with Gasteiger partial charge in [0.05, 0.1) is 12.1 Å². The van der Waals surface area contributed by atoms with Crippen LogP contribution in [0.4, 0.5) is 0 Å². The molecule has 0 saturated carbocycles. The Kier molecular flexibility index (Phi) is 8.86. The maximum absolute atomic E-state index is 13.0. The number of aliphatic hydroxyl groups excluding tert-OH is 3. The molecule has 0 aromatic heterocycles. The molecule has 0 amide bonds. The van der Waals surface area contributed by atoms with E-state index in [9.17, 15) is 20.1 Å². The van der Waals surface area contributed by atoms with Crippen LogP contribution in [-0.4, -0.2) is 87.1 Å². The lowest BCUT2D eigenvalue weighted by Crippen LogP contribution is -2.59. The topological polar surface area (TPSA) is 90.2 Å². The van der Waals surface area contributed by atoms with Crippen molar-refractivity contribution >= 4 is 29.1 Å². The van der Waals surface area contributed by atoms with E-state index in [-0.39, 0.29) is 18.2 Å². The van der Waals surface area contributed by atoms with Crippen molar-refractivity contribution in [3.05, 3.63) is 0 Å². The second kappa shape index (κ2) is 10.2. The van der Waals surface area contributed by atoms with Crippen LogP contribution < -0.4 is 0 Å². The molecular weight excluding hydrogens is 390 g/mol. The van der Waals surface area contributed by atoms with Gasteiger partial charge in [-0.05, 0) is 39.0 Å². The van der Waals surface area contributed by atoms with Crippen molar-refractivity contribution in [2.24, 2.45) is 11.8 Å². The minimum absolute atomic E-state index is 0.103. The van der Waals surface area contributed by atoms with Crippen LogP contribution in [0, 0.1) is 11.8 Å². The maximum Gasteiger partial charge on any atom is 0.150 e. The van der Waals surface area contributed by atoms with E-state index in [4.69, 9.17) is 16.3 Å². The van der Waals surface area contributed by atoms with Crippen molar-refractivity contribution in [1.82, 2.24) is 4.90 Å². The van der Waals surface area contributed by atoms with Gasteiger partial charge in [-0.25, -0.2) is 0 Å². The number of rotatable bonds is 8. The quantitative estimate of drug-likeness (QED) is 0.509. The second-order valence-corrected chi connectivity index (χ2v) is 9.66. The summed E-state index contributed by atoms with van der Waals surface area (Å²) in [6, 6.07) is -0.132. The van der Waals surface area contributed by atoms with Gasteiger partial charge in [0.1, 0.15) is 29.5 Å². The molecule has 9 atom stereocenters. The highest BCUT2D eigenvalue weighted by Gasteiger charge is 2.48. The minimum Gasteiger partial charge on any atom is -0.388 e. The Bertz CT molecular complexity index is 495. The summed E-state index contributed by atoms with van der Waals surface area (Å²) in [4.78, 5) is 15.1. The fourth-order valence-electron chi connectivity index (χ4n) is 4.43. The molecule has 0 radical (unpaired) electrons. The highest BCUT2D eigenvalue weighted by atomic mass is 35.5. The van der Waals surface area contributed by atoms with Gasteiger partial charge in [-0.3, -0.25) is 9.69 Å². The molecule has 2 aliphatic heterocycles. The molecule has 2 fully saturated rings. The Morgan fingerprint density at radius 3 is 2.52 bits per heavy atom. The molecule has 0 spiro atoms. The third kappa shape index (κ3) is 5.38. The first kappa shape index (κ1) is 23.4. The number of carbonyl (C=O) groups is 1. The molecule has 8 heteroatoms. The Morgan fingerprint density at radius 2 is 1.96 bits per heavy atom. The van der Waals surface area contributed by atoms with Crippen molar-refractivity contribution < 1.29 is 24.9 Å². The number of thioether (sulfide) groups is 1. The Labute approximate surface area is 171 Å². The van der Waals surface area contributed by atoms with E-state index in [1.54, 1.807) is 13.2 Å². The van der Waals surface area contributed by atoms with Crippen LogP contribution in [0.25, 0.3) is 0 Å². The summed E-state index contributed by atoms with van der Waals surface area (Å²) in [6.45, 7) is 4.86. The Hall–Kier alpha value is 0.110. The number of likely N-dealkylation sites (N-methyl/N-ethyl adjacent to an activating group) is 1. The third-order valence-electron chi connectivity index (χ3n) is 5.99. The van der Waals surface area contributed by atoms with Crippen LogP contribution in [0.15, 0.2) is 0 Å². The lowest BCUT2D eigenvalue weighted by atomic mass is 9.83. The Balaban J connectivity index is 2.09. The number of nitrogens with zero attached hydrogens (tertiary/aromatic N) is 1. The summed E-state index contributed by atoms with van der Waals surface area (Å²) < 4.78 is 5.86. The van der Waals surface area contributed by atoms with E-state index in [1.165, 1.54) is 11.8 Å². The summed E-state index contributed by atoms with van der Waals surface area (Å²) in [6.07, 6.45) is 0.459. The van der Waals surface area contributed by atoms with Crippen LogP contribution in [0.1, 0.15) is 39.5 Å². The fourth-order valence-corrected chi connectivity index (χ4v) is 5.34. The number of halogens is 1. The largest absolute Gasteiger partial charge is 0.388 e. The number of hydrogen-bond donors (Lipinski definition) is 3. The van der Waals surface area contributed by atoms with Gasteiger partial charge in [0.15, 0.2) is 0 Å². The van der Waals surface area contributed by atoms with E-state index in [2.05, 4.69) is 11.8 Å². The molecule has 0 bridgehead atoms. The van der Waals surface area contributed by atoms with Crippen LogP contribution in [-0.2, 0) is 9.53 Å². The van der Waals surface area contributed by atoms with Gasteiger partial charge in [-0.2, -0.15) is 0 Å². The number of hydrogen-bond acceptors (Lipinski definition) is 7. The number of likely N-dealkylation sites (tertiary alicyclic amines) is 1. The van der Waals surface area contributed by atoms with E-state index in [0.717, 1.165) is 25.8 Å². The lowest BCUT2D eigenvalue weighted by Gasteiger charge is -2.44. The minimum atomic E-state index is -1.32. The number of alkyl halides is 1. The predicted octanol–water partition coefficient (Wildman–Crippen LogP) is 1.48. The highest BCUT2D eigenvalue weighted by molar-refractivity contribution is 7.99. The van der Waals surface area contributed by atoms with E-state index >= 15 is 0 Å². The summed E-state index contributed by atoms with van der Waals surface area (Å²) >= 11 is 7.64. The van der Waals surface area contributed by atoms with Gasteiger partial charge in [-0.15, -0.1) is 23.4 Å². The lowest BCUT2D eigenvalue weighted by molar-refractivity contribution is -0.211. The fraction of sp³-hybridized carbons (Fsp3) is 0.947. The molecule has 2 heterocycles. The average molecular weight is 424 g/mol. The number of ether oxygens (including phenoxy) is 1. The molecule has 2 rings (SSSR count). The van der Waals surface area contributed by atoms with Crippen molar-refractivity contribution in [1.29, 1.82) is 0 Å². The smallest absolute Gasteiger partial charge is 0.150 e. The standard InChI is InChI=1S/C19H34ClNO5S/c1-5-6-11-7-13(21(3)9-11)14(22)8-12(10(2)20)18-16(24)15(23)17(25)19(26-18)27-4/h10-13,15-19,23-25H,5-9H2,1-4H3/t10?,11-,12?,13+,15+,16-,17-,18?,19-/m1/s1. The Morgan fingerprint density at radius 1 is 1.30 bits per heavy atom. The molecule has 2 aliphatic rings. The number of Topliss-reactive ketones (excluding diaryl/α,β-unsaturated/α-hetero) is 1. The van der Waals surface area contributed by atoms with Gasteiger partial charge >= 0.3 is 0 Å². The highest BCUT2D eigenvalue weighted by Crippen LogP contribution is 2.36. The average Bonchev–Trinajstić information content (AvgIpc) is 2.99. The van der Waals surface area contributed by atoms with Crippen LogP contribution in [0.3, 0.4) is 0 Å². The van der Waals surface area contributed by atoms with Gasteiger partial charge < -0.3 is 20.1 Å². The van der Waals surface area contributed by atoms with Crippen molar-refractivity contribution in [2.75, 3.05) is 19.8 Å². The normalized spacial score (nSPS) is 40.1. The van der Waals surface area contributed by atoms with Gasteiger partial charge in [0.2, 0.25) is 0 Å². The molecule has 6 nitrogen and oxygen atoms in total. The molecule has 2 saturated heterocycles. The first-order valence-electron chi connectivity index (χ1n) is 9.80. The SMILES string of the molecule is CCC[C@@H]1C[C@@H](C(=O)CC(C(C)Cl)C2O[C@H](SC)[C@H](O)[C@@H](O)[C@H]2O)N(C)C1. The summed E-state index contributed by atoms with van der Waals surface area (Å²) in [5.41, 5.74) is -0.662. The van der Waals surface area contributed by atoms with Crippen molar-refractivity contribution in [3.8, 4) is 0 Å². The molecular formula is C19H34ClNO5S. The molecule has 0 aromatic rings. The second-order valence-electron chi connectivity index (χ2n) is 8.03. The molecule has 0 aromatic carbocycles. The van der Waals surface area contributed by atoms with Gasteiger partial charge in [0, 0.05) is 24.3 Å². The summed E-state index contributed by atoms with van der Waals surface area (Å²) in [5.74, 6) is 0.200. The summed E-state index contributed by atoms with van der Waals surface area (Å²) in [5, 5.41) is 30.3. The first-order chi connectivity index (χ1) is 12.7. The zero-order valence-electron chi connectivity index (χ0n) is 16.6. The van der Waals surface area contributed by atoms with Crippen molar-refractivity contribution in [2.45, 2.75) is 80.8 Å². The monoisotopic (exact) mass is 423 g/mol. The van der Waals surface area contributed by atoms with Crippen LogP contribution >= 0.6 is 23.4 Å². The van der Waals surface area contributed by atoms with E-state index in [1.807, 2.05) is 7.05 Å². The molecule has 3 N–H and O–H groups in total. The first-order valence-corrected chi connectivity index (χ1v) is 11.5. The van der Waals surface area contributed by atoms with Crippen LogP contribution in [0.2, 0.25) is 0 Å². The number of carbonyl (C=O) groups excluding carboxylic acids is 1. The molecule has 0 aliphatic carbocycles. The zero-order chi connectivity index (χ0) is 20.3. The number of aliphatic hydroxyl groups is 3. The summed E-state index contributed by atoms with van der Waals surface area (Å²) in [7, 11) is 1.98. The van der Waals surface area contributed by atoms with Gasteiger partial charge in [-0.1, -0.05) is 13.3 Å². The third-order valence-corrected chi connectivity index (χ3v) is 7.17. The number of ketones is 1. The molecule has 3 unspecified atom stereocenters. The maximum atomic E-state index is 13.0. The predicted molar refractivity (Wildman–Crippen MR) is 108 cm³/mol. The van der Waals surface area contributed by atoms with Crippen molar-refractivity contribution in [3.63, 3.8) is 0 Å². The van der Waals surface area contributed by atoms with E-state index in [0.29, 0.717) is 5.92 Å². The molecule has 158 valence electrons. The molecule has 27 heavy (non-hydrogen) atoms. The van der Waals surface area contributed by atoms with Crippen LogP contribution in [0.5, 0.6) is 0 Å².